The summed E-state index contributed by atoms with van der Waals surface area (Å²) in [5.74, 6) is 1.10. The van der Waals surface area contributed by atoms with Crippen molar-refractivity contribution < 1.29 is 0 Å². The van der Waals surface area contributed by atoms with Gasteiger partial charge in [0.2, 0.25) is 0 Å². The van der Waals surface area contributed by atoms with Crippen molar-refractivity contribution in [3.8, 4) is 0 Å². The van der Waals surface area contributed by atoms with Gasteiger partial charge in [0.05, 0.1) is 0 Å². The van der Waals surface area contributed by atoms with Crippen LogP contribution in [-0.4, -0.2) is 24.6 Å². The SMILES string of the molecule is CCCNCc1ccc(N2CC=C(C(C)(C)C)CC2)nc1. The van der Waals surface area contributed by atoms with Crippen LogP contribution in [0.5, 0.6) is 0 Å². The van der Waals surface area contributed by atoms with Gasteiger partial charge in [-0.3, -0.25) is 0 Å². The molecule has 0 fully saturated rings. The highest BCUT2D eigenvalue weighted by Crippen LogP contribution is 2.31. The summed E-state index contributed by atoms with van der Waals surface area (Å²) in [6, 6.07) is 4.34. The van der Waals surface area contributed by atoms with Gasteiger partial charge in [0, 0.05) is 25.8 Å². The molecule has 0 bridgehead atoms. The van der Waals surface area contributed by atoms with E-state index in [1.807, 2.05) is 6.20 Å². The van der Waals surface area contributed by atoms with Crippen molar-refractivity contribution in [2.75, 3.05) is 24.5 Å². The molecule has 0 radical (unpaired) electrons. The van der Waals surface area contributed by atoms with Crippen LogP contribution in [0.1, 0.15) is 46.1 Å². The summed E-state index contributed by atoms with van der Waals surface area (Å²) in [7, 11) is 0. The van der Waals surface area contributed by atoms with Crippen molar-refractivity contribution in [1.29, 1.82) is 0 Å². The quantitative estimate of drug-likeness (QED) is 0.660. The number of anilines is 1. The van der Waals surface area contributed by atoms with Gasteiger partial charge < -0.3 is 10.2 Å². The van der Waals surface area contributed by atoms with Crippen LogP contribution in [0.25, 0.3) is 0 Å². The van der Waals surface area contributed by atoms with Crippen LogP contribution >= 0.6 is 0 Å². The van der Waals surface area contributed by atoms with Gasteiger partial charge in [-0.05, 0) is 36.4 Å². The first-order chi connectivity index (χ1) is 10.0. The zero-order valence-electron chi connectivity index (χ0n) is 13.9. The first-order valence-electron chi connectivity index (χ1n) is 8.11. The second-order valence-corrected chi connectivity index (χ2v) is 6.88. The van der Waals surface area contributed by atoms with Crippen molar-refractivity contribution >= 4 is 5.82 Å². The van der Waals surface area contributed by atoms with Gasteiger partial charge in [0.15, 0.2) is 0 Å². The van der Waals surface area contributed by atoms with Gasteiger partial charge in [-0.15, -0.1) is 0 Å². The maximum Gasteiger partial charge on any atom is 0.128 e. The fourth-order valence-electron chi connectivity index (χ4n) is 2.68. The maximum atomic E-state index is 4.62. The lowest BCUT2D eigenvalue weighted by atomic mass is 9.83. The Balaban J connectivity index is 1.93. The lowest BCUT2D eigenvalue weighted by Crippen LogP contribution is -2.31. The number of hydrogen-bond acceptors (Lipinski definition) is 3. The predicted molar refractivity (Wildman–Crippen MR) is 90.6 cm³/mol. The van der Waals surface area contributed by atoms with Crippen molar-refractivity contribution in [3.05, 3.63) is 35.5 Å². The standard InChI is InChI=1S/C18H29N3/c1-5-10-19-13-15-6-7-17(20-14-15)21-11-8-16(9-12-21)18(2,3)4/h6-8,14,19H,5,9-13H2,1-4H3. The van der Waals surface area contributed by atoms with E-state index in [2.05, 4.69) is 61.1 Å². The van der Waals surface area contributed by atoms with Gasteiger partial charge in [0.25, 0.3) is 0 Å². The summed E-state index contributed by atoms with van der Waals surface area (Å²) < 4.78 is 0. The fourth-order valence-corrected chi connectivity index (χ4v) is 2.68. The number of pyridine rings is 1. The number of aromatic nitrogens is 1. The first-order valence-corrected chi connectivity index (χ1v) is 8.11. The van der Waals surface area contributed by atoms with Crippen molar-refractivity contribution in [2.45, 2.75) is 47.1 Å². The molecule has 3 heteroatoms. The summed E-state index contributed by atoms with van der Waals surface area (Å²) in [6.45, 7) is 13.1. The minimum atomic E-state index is 0.300. The van der Waals surface area contributed by atoms with E-state index >= 15 is 0 Å². The van der Waals surface area contributed by atoms with Crippen LogP contribution in [0.2, 0.25) is 0 Å². The molecule has 1 aliphatic heterocycles. The molecule has 0 aliphatic carbocycles. The van der Waals surface area contributed by atoms with Crippen molar-refractivity contribution in [2.24, 2.45) is 5.41 Å². The van der Waals surface area contributed by atoms with Gasteiger partial charge in [0.1, 0.15) is 5.82 Å². The van der Waals surface area contributed by atoms with Gasteiger partial charge >= 0.3 is 0 Å². The van der Waals surface area contributed by atoms with E-state index in [1.54, 1.807) is 5.57 Å². The number of hydrogen-bond donors (Lipinski definition) is 1. The van der Waals surface area contributed by atoms with Crippen LogP contribution in [-0.2, 0) is 6.54 Å². The molecule has 0 atom stereocenters. The molecule has 1 aromatic heterocycles. The molecule has 116 valence electrons. The van der Waals surface area contributed by atoms with E-state index in [9.17, 15) is 0 Å². The Morgan fingerprint density at radius 2 is 2.10 bits per heavy atom. The summed E-state index contributed by atoms with van der Waals surface area (Å²) in [6.07, 6.45) is 6.69. The average Bonchev–Trinajstić information content (AvgIpc) is 2.48. The lowest BCUT2D eigenvalue weighted by Gasteiger charge is -2.32. The van der Waals surface area contributed by atoms with Crippen LogP contribution < -0.4 is 10.2 Å². The largest absolute Gasteiger partial charge is 0.353 e. The second kappa shape index (κ2) is 7.08. The molecule has 1 N–H and O–H groups in total. The minimum absolute atomic E-state index is 0.300. The smallest absolute Gasteiger partial charge is 0.128 e. The molecule has 21 heavy (non-hydrogen) atoms. The van der Waals surface area contributed by atoms with Crippen LogP contribution in [0.15, 0.2) is 30.0 Å². The predicted octanol–water partition coefficient (Wildman–Crippen LogP) is 3.76. The van der Waals surface area contributed by atoms with E-state index in [0.29, 0.717) is 5.41 Å². The summed E-state index contributed by atoms with van der Waals surface area (Å²) in [5, 5.41) is 3.41. The average molecular weight is 287 g/mol. The van der Waals surface area contributed by atoms with Gasteiger partial charge in [-0.1, -0.05) is 45.4 Å². The maximum absolute atomic E-state index is 4.62. The molecule has 3 nitrogen and oxygen atoms in total. The molecule has 1 aliphatic rings. The minimum Gasteiger partial charge on any atom is -0.353 e. The Labute approximate surface area is 129 Å². The van der Waals surface area contributed by atoms with Crippen LogP contribution in [0, 0.1) is 5.41 Å². The summed E-state index contributed by atoms with van der Waals surface area (Å²) in [5.41, 5.74) is 3.13. The Bertz CT molecular complexity index is 468. The summed E-state index contributed by atoms with van der Waals surface area (Å²) in [4.78, 5) is 6.98. The van der Waals surface area contributed by atoms with E-state index in [1.165, 1.54) is 12.0 Å². The molecule has 0 spiro atoms. The molecular weight excluding hydrogens is 258 g/mol. The first kappa shape index (κ1) is 16.0. The van der Waals surface area contributed by atoms with E-state index in [-0.39, 0.29) is 0 Å². The van der Waals surface area contributed by atoms with Crippen LogP contribution in [0.4, 0.5) is 5.82 Å². The highest BCUT2D eigenvalue weighted by molar-refractivity contribution is 5.42. The normalized spacial score (nSPS) is 16.0. The second-order valence-electron chi connectivity index (χ2n) is 6.88. The lowest BCUT2D eigenvalue weighted by molar-refractivity contribution is 0.472. The highest BCUT2D eigenvalue weighted by Gasteiger charge is 2.21. The number of nitrogens with one attached hydrogen (secondary N) is 1. The Morgan fingerprint density at radius 1 is 1.29 bits per heavy atom. The third kappa shape index (κ3) is 4.57. The third-order valence-corrected chi connectivity index (χ3v) is 4.06. The van der Waals surface area contributed by atoms with E-state index < -0.39 is 0 Å². The molecule has 0 saturated heterocycles. The summed E-state index contributed by atoms with van der Waals surface area (Å²) >= 11 is 0. The molecule has 2 rings (SSSR count). The van der Waals surface area contributed by atoms with Gasteiger partial charge in [-0.25, -0.2) is 4.98 Å². The molecule has 0 unspecified atom stereocenters. The van der Waals surface area contributed by atoms with Crippen molar-refractivity contribution in [3.63, 3.8) is 0 Å². The van der Waals surface area contributed by atoms with E-state index in [4.69, 9.17) is 0 Å². The highest BCUT2D eigenvalue weighted by atomic mass is 15.2. The van der Waals surface area contributed by atoms with Crippen molar-refractivity contribution in [1.82, 2.24) is 10.3 Å². The van der Waals surface area contributed by atoms with Crippen LogP contribution in [0.3, 0.4) is 0 Å². The third-order valence-electron chi connectivity index (χ3n) is 4.06. The Morgan fingerprint density at radius 3 is 2.62 bits per heavy atom. The number of nitrogens with zero attached hydrogens (tertiary/aromatic N) is 2. The molecule has 0 amide bonds. The Kier molecular flexibility index (Phi) is 5.40. The molecule has 0 saturated carbocycles. The molecule has 1 aromatic rings. The Hall–Kier alpha value is -1.35. The zero-order chi connectivity index (χ0) is 15.3. The zero-order valence-corrected chi connectivity index (χ0v) is 13.9. The monoisotopic (exact) mass is 287 g/mol. The topological polar surface area (TPSA) is 28.2 Å². The number of rotatable bonds is 5. The van der Waals surface area contributed by atoms with E-state index in [0.717, 1.165) is 38.4 Å². The molecular formula is C18H29N3. The molecule has 0 aromatic carbocycles. The fraction of sp³-hybridized carbons (Fsp3) is 0.611. The van der Waals surface area contributed by atoms with Gasteiger partial charge in [-0.2, -0.15) is 0 Å². The molecule has 2 heterocycles.